The zero-order valence-electron chi connectivity index (χ0n) is 16.1. The van der Waals surface area contributed by atoms with E-state index in [1.807, 2.05) is 13.0 Å². The number of allylic oxidation sites excluding steroid dienone is 1. The number of hydrogen-bond donors (Lipinski definition) is 1. The van der Waals surface area contributed by atoms with Gasteiger partial charge in [0.1, 0.15) is 0 Å². The molecule has 0 saturated heterocycles. The lowest BCUT2D eigenvalue weighted by Gasteiger charge is -2.11. The Morgan fingerprint density at radius 2 is 1.44 bits per heavy atom. The van der Waals surface area contributed by atoms with Gasteiger partial charge >= 0.3 is 5.97 Å². The van der Waals surface area contributed by atoms with E-state index < -0.39 is 6.10 Å². The highest BCUT2D eigenvalue weighted by atomic mass is 16.5. The number of ether oxygens (including phenoxy) is 1. The van der Waals surface area contributed by atoms with E-state index in [1.54, 1.807) is 6.08 Å². The summed E-state index contributed by atoms with van der Waals surface area (Å²) in [6.07, 6.45) is 23.2. The molecule has 1 aliphatic heterocycles. The molecule has 0 aliphatic carbocycles. The van der Waals surface area contributed by atoms with Gasteiger partial charge in [-0.1, -0.05) is 76.0 Å². The lowest BCUT2D eigenvalue weighted by molar-refractivity contribution is -0.142. The molecule has 1 heterocycles. The van der Waals surface area contributed by atoms with Crippen molar-refractivity contribution in [1.29, 1.82) is 0 Å². The molecule has 0 spiro atoms. The SMILES string of the molecule is C[C@@H]1CCCCCCCCCCCCC/C=C/[C@@H](O)C/C=C/C(=O)O1. The van der Waals surface area contributed by atoms with Gasteiger partial charge in [-0.2, -0.15) is 0 Å². The van der Waals surface area contributed by atoms with E-state index in [0.29, 0.717) is 6.42 Å². The third-order valence-electron chi connectivity index (χ3n) is 4.79. The van der Waals surface area contributed by atoms with Crippen LogP contribution in [-0.4, -0.2) is 23.3 Å². The summed E-state index contributed by atoms with van der Waals surface area (Å²) in [5, 5.41) is 9.88. The summed E-state index contributed by atoms with van der Waals surface area (Å²) in [6, 6.07) is 0. The van der Waals surface area contributed by atoms with Crippen LogP contribution in [0.3, 0.4) is 0 Å². The average Bonchev–Trinajstić information content (AvgIpc) is 2.57. The highest BCUT2D eigenvalue weighted by Gasteiger charge is 2.06. The Kier molecular flexibility index (Phi) is 13.3. The summed E-state index contributed by atoms with van der Waals surface area (Å²) in [5.74, 6) is -0.300. The van der Waals surface area contributed by atoms with Crippen LogP contribution in [0.4, 0.5) is 0 Å². The van der Waals surface area contributed by atoms with Crippen molar-refractivity contribution in [1.82, 2.24) is 0 Å². The molecule has 0 unspecified atom stereocenters. The Morgan fingerprint density at radius 3 is 2.08 bits per heavy atom. The van der Waals surface area contributed by atoms with Gasteiger partial charge in [-0.05, 0) is 39.0 Å². The minimum Gasteiger partial charge on any atom is -0.460 e. The Morgan fingerprint density at radius 1 is 0.880 bits per heavy atom. The maximum absolute atomic E-state index is 11.7. The molecule has 1 N–H and O–H groups in total. The van der Waals surface area contributed by atoms with Crippen molar-refractivity contribution in [3.05, 3.63) is 24.3 Å². The zero-order chi connectivity index (χ0) is 18.2. The molecule has 1 rings (SSSR count). The standard InChI is InChI=1S/C22H38O3/c1-20-16-13-11-9-7-5-3-2-4-6-8-10-12-14-17-21(23)18-15-19-22(24)25-20/h14-15,17,19-21,23H,2-13,16,18H2,1H3/b17-14+,19-15+/t20-,21-/m1/s1. The molecule has 0 bridgehead atoms. The largest absolute Gasteiger partial charge is 0.460 e. The fourth-order valence-corrected chi connectivity index (χ4v) is 3.22. The van der Waals surface area contributed by atoms with Crippen LogP contribution in [0.1, 0.15) is 96.8 Å². The van der Waals surface area contributed by atoms with Gasteiger partial charge < -0.3 is 9.84 Å². The minimum absolute atomic E-state index is 0.0279. The second-order valence-electron chi connectivity index (χ2n) is 7.35. The molecular formula is C22H38O3. The summed E-state index contributed by atoms with van der Waals surface area (Å²) in [7, 11) is 0. The first-order chi connectivity index (χ1) is 12.2. The predicted octanol–water partition coefficient (Wildman–Crippen LogP) is 5.87. The monoisotopic (exact) mass is 350 g/mol. The topological polar surface area (TPSA) is 46.5 Å². The van der Waals surface area contributed by atoms with Crippen molar-refractivity contribution >= 4 is 5.97 Å². The highest BCUT2D eigenvalue weighted by Crippen LogP contribution is 2.14. The van der Waals surface area contributed by atoms with E-state index in [1.165, 1.54) is 70.3 Å². The second kappa shape index (κ2) is 15.2. The van der Waals surface area contributed by atoms with Crippen molar-refractivity contribution < 1.29 is 14.6 Å². The molecule has 3 heteroatoms. The second-order valence-corrected chi connectivity index (χ2v) is 7.35. The first kappa shape index (κ1) is 22.0. The van der Waals surface area contributed by atoms with E-state index in [0.717, 1.165) is 19.3 Å². The van der Waals surface area contributed by atoms with Crippen molar-refractivity contribution in [2.45, 2.75) is 109 Å². The van der Waals surface area contributed by atoms with Crippen LogP contribution in [0.2, 0.25) is 0 Å². The predicted molar refractivity (Wildman–Crippen MR) is 104 cm³/mol. The van der Waals surface area contributed by atoms with Gasteiger partial charge in [-0.25, -0.2) is 4.79 Å². The number of rotatable bonds is 0. The molecule has 0 radical (unpaired) electrons. The normalized spacial score (nSPS) is 29.6. The van der Waals surface area contributed by atoms with E-state index >= 15 is 0 Å². The molecule has 2 atom stereocenters. The van der Waals surface area contributed by atoms with Gasteiger partial charge in [-0.3, -0.25) is 0 Å². The van der Waals surface area contributed by atoms with Crippen molar-refractivity contribution in [3.63, 3.8) is 0 Å². The van der Waals surface area contributed by atoms with Gasteiger partial charge in [-0.15, -0.1) is 0 Å². The van der Waals surface area contributed by atoms with Crippen LogP contribution < -0.4 is 0 Å². The van der Waals surface area contributed by atoms with Crippen LogP contribution in [0.25, 0.3) is 0 Å². The van der Waals surface area contributed by atoms with Gasteiger partial charge in [0.2, 0.25) is 0 Å². The van der Waals surface area contributed by atoms with Crippen LogP contribution in [0, 0.1) is 0 Å². The fourth-order valence-electron chi connectivity index (χ4n) is 3.22. The summed E-state index contributed by atoms with van der Waals surface area (Å²) in [4.78, 5) is 11.7. The Balaban J connectivity index is 2.36. The number of carbonyl (C=O) groups is 1. The highest BCUT2D eigenvalue weighted by molar-refractivity contribution is 5.82. The minimum atomic E-state index is -0.515. The molecule has 1 aliphatic rings. The number of aliphatic hydroxyl groups is 1. The zero-order valence-corrected chi connectivity index (χ0v) is 16.1. The molecule has 25 heavy (non-hydrogen) atoms. The maximum Gasteiger partial charge on any atom is 0.330 e. The molecule has 0 saturated carbocycles. The van der Waals surface area contributed by atoms with Gasteiger partial charge in [0.05, 0.1) is 12.2 Å². The first-order valence-corrected chi connectivity index (χ1v) is 10.4. The Hall–Kier alpha value is -1.09. The summed E-state index contributed by atoms with van der Waals surface area (Å²) >= 11 is 0. The number of aliphatic hydroxyl groups excluding tert-OH is 1. The Labute approximate surface area is 154 Å². The smallest absolute Gasteiger partial charge is 0.330 e. The molecule has 0 aromatic carbocycles. The number of carbonyl (C=O) groups excluding carboxylic acids is 1. The van der Waals surface area contributed by atoms with Crippen molar-refractivity contribution in [2.24, 2.45) is 0 Å². The lowest BCUT2D eigenvalue weighted by atomic mass is 10.0. The maximum atomic E-state index is 11.7. The molecule has 0 amide bonds. The first-order valence-electron chi connectivity index (χ1n) is 10.4. The fraction of sp³-hybridized carbons (Fsp3) is 0.773. The molecule has 0 aromatic heterocycles. The van der Waals surface area contributed by atoms with Crippen LogP contribution in [0.5, 0.6) is 0 Å². The van der Waals surface area contributed by atoms with Crippen LogP contribution in [-0.2, 0) is 9.53 Å². The quantitative estimate of drug-likeness (QED) is 0.439. The summed E-state index contributed by atoms with van der Waals surface area (Å²) in [6.45, 7) is 1.96. The number of hydrogen-bond acceptors (Lipinski definition) is 3. The number of esters is 1. The lowest BCUT2D eigenvalue weighted by Crippen LogP contribution is -2.13. The Bertz CT molecular complexity index is 387. The number of cyclic esters (lactones) is 1. The molecular weight excluding hydrogens is 312 g/mol. The van der Waals surface area contributed by atoms with E-state index in [9.17, 15) is 9.90 Å². The molecule has 3 nitrogen and oxygen atoms in total. The van der Waals surface area contributed by atoms with E-state index in [-0.39, 0.29) is 12.1 Å². The summed E-state index contributed by atoms with van der Waals surface area (Å²) in [5.41, 5.74) is 0. The third-order valence-corrected chi connectivity index (χ3v) is 4.79. The molecule has 144 valence electrons. The molecule has 0 fully saturated rings. The van der Waals surface area contributed by atoms with Crippen LogP contribution in [0.15, 0.2) is 24.3 Å². The van der Waals surface area contributed by atoms with E-state index in [2.05, 4.69) is 6.08 Å². The average molecular weight is 351 g/mol. The van der Waals surface area contributed by atoms with Gasteiger partial charge in [0.25, 0.3) is 0 Å². The van der Waals surface area contributed by atoms with E-state index in [4.69, 9.17) is 4.74 Å². The third kappa shape index (κ3) is 13.8. The van der Waals surface area contributed by atoms with Crippen molar-refractivity contribution in [2.75, 3.05) is 0 Å². The van der Waals surface area contributed by atoms with Gasteiger partial charge in [0.15, 0.2) is 0 Å². The molecule has 0 aromatic rings. The van der Waals surface area contributed by atoms with Gasteiger partial charge in [0, 0.05) is 6.08 Å². The summed E-state index contributed by atoms with van der Waals surface area (Å²) < 4.78 is 5.37. The van der Waals surface area contributed by atoms with Crippen molar-refractivity contribution in [3.8, 4) is 0 Å². The van der Waals surface area contributed by atoms with Crippen LogP contribution >= 0.6 is 0 Å².